The Kier molecular flexibility index (Phi) is 1.25. The van der Waals surface area contributed by atoms with E-state index in [1.165, 1.54) is 0 Å². The molecule has 1 atom stereocenters. The number of hydrogen-bond acceptors (Lipinski definition) is 2. The minimum atomic E-state index is -0.356. The van der Waals surface area contributed by atoms with Crippen molar-refractivity contribution in [1.82, 2.24) is 0 Å². The van der Waals surface area contributed by atoms with Crippen LogP contribution in [-0.2, 0) is 0 Å². The molecule has 1 aliphatic rings. The monoisotopic (exact) mass is 151 g/mol. The van der Waals surface area contributed by atoms with Crippen molar-refractivity contribution in [3.8, 4) is 0 Å². The van der Waals surface area contributed by atoms with Gasteiger partial charge < -0.3 is 0 Å². The summed E-state index contributed by atoms with van der Waals surface area (Å²) in [6.07, 6.45) is -0.356. The summed E-state index contributed by atoms with van der Waals surface area (Å²) in [5.74, 6) is 0. The standard InChI is InChI=1S/C3H5NOSe/c5-3-1-6-2-4-3/h2-3,5H,1H2. The predicted octanol–water partition coefficient (Wildman–Crippen LogP) is -0.531. The van der Waals surface area contributed by atoms with Gasteiger partial charge in [-0.25, -0.2) is 0 Å². The van der Waals surface area contributed by atoms with E-state index in [0.717, 1.165) is 5.32 Å². The van der Waals surface area contributed by atoms with Gasteiger partial charge in [0.1, 0.15) is 0 Å². The van der Waals surface area contributed by atoms with Gasteiger partial charge in [0.25, 0.3) is 0 Å². The molecular weight excluding hydrogens is 145 g/mol. The molecule has 0 fully saturated rings. The van der Waals surface area contributed by atoms with Crippen molar-refractivity contribution in [3.05, 3.63) is 0 Å². The van der Waals surface area contributed by atoms with E-state index in [0.29, 0.717) is 15.0 Å². The fraction of sp³-hybridized carbons (Fsp3) is 0.667. The summed E-state index contributed by atoms with van der Waals surface area (Å²) in [5, 5.41) is 11.2. The van der Waals surface area contributed by atoms with Crippen molar-refractivity contribution < 1.29 is 5.11 Å². The number of rotatable bonds is 0. The molecule has 3 heteroatoms. The minimum absolute atomic E-state index is 0.356. The first-order chi connectivity index (χ1) is 2.89. The Hall–Kier alpha value is 0.149. The SMILES string of the molecule is OC1C[Se]C=N1. The van der Waals surface area contributed by atoms with Crippen LogP contribution in [0.3, 0.4) is 0 Å². The molecule has 1 unspecified atom stereocenters. The summed E-state index contributed by atoms with van der Waals surface area (Å²) in [4.78, 5) is 3.69. The number of hydrogen-bond donors (Lipinski definition) is 1. The Labute approximate surface area is 42.4 Å². The van der Waals surface area contributed by atoms with Gasteiger partial charge in [0, 0.05) is 0 Å². The summed E-state index contributed by atoms with van der Waals surface area (Å²) in [5.41, 5.74) is 0. The van der Waals surface area contributed by atoms with Crippen LogP contribution in [0, 0.1) is 0 Å². The van der Waals surface area contributed by atoms with Crippen molar-refractivity contribution in [3.63, 3.8) is 0 Å². The van der Waals surface area contributed by atoms with Gasteiger partial charge >= 0.3 is 41.7 Å². The quantitative estimate of drug-likeness (QED) is 0.462. The molecule has 0 bridgehead atoms. The van der Waals surface area contributed by atoms with Gasteiger partial charge in [-0.3, -0.25) is 0 Å². The van der Waals surface area contributed by atoms with Crippen LogP contribution in [0.5, 0.6) is 0 Å². The summed E-state index contributed by atoms with van der Waals surface area (Å²) in [7, 11) is 0. The van der Waals surface area contributed by atoms with Crippen molar-refractivity contribution in [2.24, 2.45) is 4.99 Å². The second-order valence-corrected chi connectivity index (χ2v) is 2.91. The summed E-state index contributed by atoms with van der Waals surface area (Å²) < 4.78 is 0. The molecule has 0 aromatic carbocycles. The Morgan fingerprint density at radius 1 is 2.00 bits per heavy atom. The van der Waals surface area contributed by atoms with E-state index in [9.17, 15) is 0 Å². The molecule has 0 amide bonds. The van der Waals surface area contributed by atoms with Gasteiger partial charge in [-0.2, -0.15) is 0 Å². The summed E-state index contributed by atoms with van der Waals surface area (Å²) in [6, 6.07) is 0. The van der Waals surface area contributed by atoms with Gasteiger partial charge in [-0.05, 0) is 0 Å². The molecule has 1 rings (SSSR count). The van der Waals surface area contributed by atoms with Crippen molar-refractivity contribution in [2.75, 3.05) is 0 Å². The van der Waals surface area contributed by atoms with E-state index in [-0.39, 0.29) is 6.23 Å². The molecule has 0 saturated carbocycles. The van der Waals surface area contributed by atoms with Gasteiger partial charge in [0.05, 0.1) is 0 Å². The van der Waals surface area contributed by atoms with Crippen LogP contribution in [0.4, 0.5) is 0 Å². The van der Waals surface area contributed by atoms with Gasteiger partial charge in [0.2, 0.25) is 0 Å². The molecule has 2 nitrogen and oxygen atoms in total. The summed E-state index contributed by atoms with van der Waals surface area (Å²) in [6.45, 7) is 0. The Morgan fingerprint density at radius 3 is 3.00 bits per heavy atom. The zero-order valence-corrected chi connectivity index (χ0v) is 4.88. The zero-order valence-electron chi connectivity index (χ0n) is 3.16. The molecule has 0 aliphatic carbocycles. The van der Waals surface area contributed by atoms with Gasteiger partial charge in [0.15, 0.2) is 0 Å². The molecule has 1 N–H and O–H groups in total. The maximum atomic E-state index is 8.55. The van der Waals surface area contributed by atoms with E-state index < -0.39 is 0 Å². The number of aliphatic hydroxyl groups is 1. The van der Waals surface area contributed by atoms with Gasteiger partial charge in [-0.15, -0.1) is 0 Å². The number of aliphatic hydroxyl groups excluding tert-OH is 1. The van der Waals surface area contributed by atoms with Crippen molar-refractivity contribution in [2.45, 2.75) is 11.5 Å². The Balaban J connectivity index is 2.38. The fourth-order valence-electron chi connectivity index (χ4n) is 0.285. The van der Waals surface area contributed by atoms with E-state index in [2.05, 4.69) is 4.99 Å². The first-order valence-electron chi connectivity index (χ1n) is 1.71. The third kappa shape index (κ3) is 0.805. The van der Waals surface area contributed by atoms with Crippen molar-refractivity contribution >= 4 is 20.1 Å². The topological polar surface area (TPSA) is 32.6 Å². The van der Waals surface area contributed by atoms with Crippen LogP contribution >= 0.6 is 0 Å². The third-order valence-electron chi connectivity index (χ3n) is 0.553. The average Bonchev–Trinajstić information content (AvgIpc) is 1.86. The molecular formula is C3H5NOSe. The average molecular weight is 150 g/mol. The number of aliphatic imine (C=N–C) groups is 1. The molecule has 0 radical (unpaired) electrons. The molecule has 0 spiro atoms. The van der Waals surface area contributed by atoms with E-state index in [4.69, 9.17) is 5.11 Å². The normalized spacial score (nSPS) is 31.8. The molecule has 1 aliphatic heterocycles. The van der Waals surface area contributed by atoms with Gasteiger partial charge in [-0.1, -0.05) is 0 Å². The van der Waals surface area contributed by atoms with E-state index >= 15 is 0 Å². The molecule has 0 aromatic rings. The number of nitrogens with zero attached hydrogens (tertiary/aromatic N) is 1. The first kappa shape index (κ1) is 4.31. The van der Waals surface area contributed by atoms with Crippen LogP contribution in [0.15, 0.2) is 4.99 Å². The van der Waals surface area contributed by atoms with Crippen molar-refractivity contribution in [1.29, 1.82) is 0 Å². The van der Waals surface area contributed by atoms with Crippen LogP contribution in [0.2, 0.25) is 5.32 Å². The second-order valence-electron chi connectivity index (χ2n) is 1.07. The zero-order chi connectivity index (χ0) is 4.41. The molecule has 1 heterocycles. The Morgan fingerprint density at radius 2 is 2.83 bits per heavy atom. The molecule has 34 valence electrons. The van der Waals surface area contributed by atoms with Crippen LogP contribution in [0.1, 0.15) is 0 Å². The molecule has 6 heavy (non-hydrogen) atoms. The van der Waals surface area contributed by atoms with Crippen LogP contribution in [0.25, 0.3) is 0 Å². The van der Waals surface area contributed by atoms with E-state index in [1.54, 1.807) is 0 Å². The third-order valence-corrected chi connectivity index (χ3v) is 2.15. The van der Waals surface area contributed by atoms with Crippen LogP contribution < -0.4 is 0 Å². The molecule has 0 aromatic heterocycles. The summed E-state index contributed by atoms with van der Waals surface area (Å²) >= 11 is 0.499. The molecule has 0 saturated heterocycles. The second kappa shape index (κ2) is 1.73. The Bertz CT molecular complexity index is 73.2. The first-order valence-corrected chi connectivity index (χ1v) is 3.91. The maximum absolute atomic E-state index is 8.55. The van der Waals surface area contributed by atoms with E-state index in [1.807, 2.05) is 5.11 Å². The fourth-order valence-corrected chi connectivity index (χ4v) is 1.48. The van der Waals surface area contributed by atoms with Crippen LogP contribution in [-0.4, -0.2) is 31.4 Å². The predicted molar refractivity (Wildman–Crippen MR) is 25.1 cm³/mol.